The van der Waals surface area contributed by atoms with Crippen molar-refractivity contribution < 1.29 is 22.5 Å². The molecule has 0 fully saturated rings. The first-order valence-electron chi connectivity index (χ1n) is 5.15. The average molecular weight is 275 g/mol. The van der Waals surface area contributed by atoms with Gasteiger partial charge in [0.25, 0.3) is 15.2 Å². The SMILES string of the molecule is Cc1ccc(S(=O)(=O)OCCCO[N+](=O)[O-])cc1. The standard InChI is InChI=1S/C10H13NO6S/c1-9-3-5-10(6-4-9)18(14,15)17-8-2-7-16-11(12)13/h3-6H,2,7-8H2,1H3. The maximum absolute atomic E-state index is 11.6. The summed E-state index contributed by atoms with van der Waals surface area (Å²) in [6.45, 7) is 1.48. The summed E-state index contributed by atoms with van der Waals surface area (Å²) in [5.41, 5.74) is 0.938. The Labute approximate surface area is 105 Å². The third kappa shape index (κ3) is 4.68. The van der Waals surface area contributed by atoms with E-state index in [0.29, 0.717) is 0 Å². The summed E-state index contributed by atoms with van der Waals surface area (Å²) in [6.07, 6.45) is 0.117. The normalized spacial score (nSPS) is 11.2. The summed E-state index contributed by atoms with van der Waals surface area (Å²) in [7, 11) is -3.80. The molecule has 0 aliphatic rings. The summed E-state index contributed by atoms with van der Waals surface area (Å²) >= 11 is 0. The second kappa shape index (κ2) is 6.31. The molecule has 100 valence electrons. The van der Waals surface area contributed by atoms with Crippen LogP contribution in [0.4, 0.5) is 0 Å². The lowest BCUT2D eigenvalue weighted by Crippen LogP contribution is -2.10. The number of benzene rings is 1. The van der Waals surface area contributed by atoms with Crippen LogP contribution in [0.25, 0.3) is 0 Å². The highest BCUT2D eigenvalue weighted by molar-refractivity contribution is 7.86. The first-order valence-corrected chi connectivity index (χ1v) is 6.56. The molecule has 0 atom stereocenters. The molecule has 0 aliphatic carbocycles. The fourth-order valence-corrected chi connectivity index (χ4v) is 2.08. The molecule has 0 saturated carbocycles. The van der Waals surface area contributed by atoms with Gasteiger partial charge in [-0.2, -0.15) is 8.42 Å². The third-order valence-corrected chi connectivity index (χ3v) is 3.36. The Hall–Kier alpha value is -1.67. The first kappa shape index (κ1) is 14.4. The number of hydrogen-bond donors (Lipinski definition) is 0. The van der Waals surface area contributed by atoms with Crippen LogP contribution in [0.5, 0.6) is 0 Å². The number of hydrogen-bond acceptors (Lipinski definition) is 6. The Kier molecular flexibility index (Phi) is 5.05. The van der Waals surface area contributed by atoms with Crippen LogP contribution in [0.1, 0.15) is 12.0 Å². The van der Waals surface area contributed by atoms with Gasteiger partial charge in [0.05, 0.1) is 18.1 Å². The topological polar surface area (TPSA) is 95.7 Å². The highest BCUT2D eigenvalue weighted by Gasteiger charge is 2.14. The molecule has 0 aliphatic heterocycles. The molecule has 0 unspecified atom stereocenters. The molecule has 7 nitrogen and oxygen atoms in total. The Morgan fingerprint density at radius 1 is 1.22 bits per heavy atom. The van der Waals surface area contributed by atoms with Crippen molar-refractivity contribution >= 4 is 10.1 Å². The maximum atomic E-state index is 11.6. The van der Waals surface area contributed by atoms with E-state index in [2.05, 4.69) is 4.84 Å². The van der Waals surface area contributed by atoms with Crippen LogP contribution >= 0.6 is 0 Å². The predicted octanol–water partition coefficient (Wildman–Crippen LogP) is 1.30. The third-order valence-electron chi connectivity index (χ3n) is 2.03. The number of aryl methyl sites for hydroxylation is 1. The summed E-state index contributed by atoms with van der Waals surface area (Å²) in [6, 6.07) is 6.20. The van der Waals surface area contributed by atoms with Crippen LogP contribution in [0, 0.1) is 17.0 Å². The van der Waals surface area contributed by atoms with E-state index < -0.39 is 15.2 Å². The number of rotatable bonds is 7. The lowest BCUT2D eigenvalue weighted by atomic mass is 10.2. The average Bonchev–Trinajstić information content (AvgIpc) is 2.28. The van der Waals surface area contributed by atoms with Gasteiger partial charge in [-0.1, -0.05) is 17.7 Å². The largest absolute Gasteiger partial charge is 0.314 e. The van der Waals surface area contributed by atoms with Crippen molar-refractivity contribution in [2.24, 2.45) is 0 Å². The molecule has 0 N–H and O–H groups in total. The number of nitrogens with zero attached hydrogens (tertiary/aromatic N) is 1. The summed E-state index contributed by atoms with van der Waals surface area (Å²) in [5.74, 6) is 0. The van der Waals surface area contributed by atoms with Gasteiger partial charge in [0.1, 0.15) is 0 Å². The van der Waals surface area contributed by atoms with E-state index in [-0.39, 0.29) is 24.5 Å². The van der Waals surface area contributed by atoms with E-state index in [0.717, 1.165) is 5.56 Å². The molecule has 8 heteroatoms. The van der Waals surface area contributed by atoms with Crippen LogP contribution in [0.3, 0.4) is 0 Å². The van der Waals surface area contributed by atoms with Crippen molar-refractivity contribution in [2.45, 2.75) is 18.2 Å². The summed E-state index contributed by atoms with van der Waals surface area (Å²) < 4.78 is 28.0. The molecular weight excluding hydrogens is 262 g/mol. The molecule has 0 bridgehead atoms. The molecule has 0 heterocycles. The maximum Gasteiger partial charge on any atom is 0.296 e. The zero-order valence-corrected chi connectivity index (χ0v) is 10.6. The van der Waals surface area contributed by atoms with E-state index in [1.165, 1.54) is 12.1 Å². The first-order chi connectivity index (χ1) is 8.42. The lowest BCUT2D eigenvalue weighted by molar-refractivity contribution is -0.757. The van der Waals surface area contributed by atoms with Crippen LogP contribution in [0.2, 0.25) is 0 Å². The molecule has 0 amide bonds. The highest BCUT2D eigenvalue weighted by Crippen LogP contribution is 2.13. The minimum Gasteiger partial charge on any atom is -0.314 e. The molecule has 1 rings (SSSR count). The lowest BCUT2D eigenvalue weighted by Gasteiger charge is -2.05. The van der Waals surface area contributed by atoms with Crippen LogP contribution in [0.15, 0.2) is 29.2 Å². The molecule has 0 spiro atoms. The van der Waals surface area contributed by atoms with Crippen molar-refractivity contribution in [2.75, 3.05) is 13.2 Å². The molecule has 0 saturated heterocycles. The van der Waals surface area contributed by atoms with Gasteiger partial charge in [-0.3, -0.25) is 4.18 Å². The molecule has 18 heavy (non-hydrogen) atoms. The van der Waals surface area contributed by atoms with E-state index in [1.807, 2.05) is 6.92 Å². The minimum absolute atomic E-state index is 0.0586. The van der Waals surface area contributed by atoms with E-state index in [9.17, 15) is 18.5 Å². The van der Waals surface area contributed by atoms with Gasteiger partial charge >= 0.3 is 0 Å². The van der Waals surface area contributed by atoms with E-state index >= 15 is 0 Å². The van der Waals surface area contributed by atoms with E-state index in [1.54, 1.807) is 12.1 Å². The van der Waals surface area contributed by atoms with Gasteiger partial charge in [-0.15, -0.1) is 10.1 Å². The van der Waals surface area contributed by atoms with Crippen molar-refractivity contribution in [3.63, 3.8) is 0 Å². The van der Waals surface area contributed by atoms with Gasteiger partial charge < -0.3 is 4.84 Å². The quantitative estimate of drug-likeness (QED) is 0.322. The minimum atomic E-state index is -3.80. The fraction of sp³-hybridized carbons (Fsp3) is 0.400. The van der Waals surface area contributed by atoms with Gasteiger partial charge in [0, 0.05) is 0 Å². The molecular formula is C10H13NO6S. The van der Waals surface area contributed by atoms with Gasteiger partial charge in [-0.25, -0.2) is 0 Å². The van der Waals surface area contributed by atoms with Crippen LogP contribution in [-0.4, -0.2) is 26.7 Å². The van der Waals surface area contributed by atoms with Crippen LogP contribution in [-0.2, 0) is 19.1 Å². The smallest absolute Gasteiger partial charge is 0.296 e. The Morgan fingerprint density at radius 3 is 2.39 bits per heavy atom. The van der Waals surface area contributed by atoms with Crippen molar-refractivity contribution in [3.8, 4) is 0 Å². The van der Waals surface area contributed by atoms with Gasteiger partial charge in [-0.05, 0) is 25.5 Å². The van der Waals surface area contributed by atoms with E-state index in [4.69, 9.17) is 4.18 Å². The Balaban J connectivity index is 2.45. The predicted molar refractivity (Wildman–Crippen MR) is 61.9 cm³/mol. The molecule has 0 radical (unpaired) electrons. The molecule has 1 aromatic carbocycles. The second-order valence-electron chi connectivity index (χ2n) is 3.50. The van der Waals surface area contributed by atoms with Crippen molar-refractivity contribution in [1.29, 1.82) is 0 Å². The Bertz CT molecular complexity index is 496. The van der Waals surface area contributed by atoms with Gasteiger partial charge in [0.15, 0.2) is 0 Å². The Morgan fingerprint density at radius 2 is 1.83 bits per heavy atom. The fourth-order valence-electron chi connectivity index (χ4n) is 1.14. The monoisotopic (exact) mass is 275 g/mol. The zero-order valence-electron chi connectivity index (χ0n) is 9.74. The zero-order chi connectivity index (χ0) is 13.6. The van der Waals surface area contributed by atoms with Crippen molar-refractivity contribution in [1.82, 2.24) is 0 Å². The second-order valence-corrected chi connectivity index (χ2v) is 5.11. The molecule has 1 aromatic rings. The van der Waals surface area contributed by atoms with Crippen molar-refractivity contribution in [3.05, 3.63) is 39.9 Å². The molecule has 0 aromatic heterocycles. The summed E-state index contributed by atoms with van der Waals surface area (Å²) in [4.78, 5) is 13.9. The summed E-state index contributed by atoms with van der Waals surface area (Å²) in [5, 5.41) is 8.90. The van der Waals surface area contributed by atoms with Gasteiger partial charge in [0.2, 0.25) is 0 Å². The highest BCUT2D eigenvalue weighted by atomic mass is 32.2. The van der Waals surface area contributed by atoms with Crippen LogP contribution < -0.4 is 0 Å².